The first-order chi connectivity index (χ1) is 54.8. The fraction of sp³-hybridized carbons (Fsp3) is 0.192. The lowest BCUT2D eigenvalue weighted by atomic mass is 9.34. The summed E-state index contributed by atoms with van der Waals surface area (Å²) in [5.74, 6) is 0. The first-order valence-electron chi connectivity index (χ1n) is 41.7. The number of aromatic amines is 1. The molecule has 0 unspecified atom stereocenters. The zero-order chi connectivity index (χ0) is 79.7. The van der Waals surface area contributed by atoms with Gasteiger partial charge in [0, 0.05) is 87.5 Å². The molecule has 19 aromatic rings. The summed E-state index contributed by atoms with van der Waals surface area (Å²) in [5, 5.41) is 11.2. The lowest BCUT2D eigenvalue weighted by Gasteiger charge is -2.34. The van der Waals surface area contributed by atoms with E-state index >= 15 is 0 Å². The van der Waals surface area contributed by atoms with Crippen LogP contribution in [0.25, 0.3) is 176 Å². The summed E-state index contributed by atoms with van der Waals surface area (Å²) in [6.45, 7) is 34.0. The van der Waals surface area contributed by atoms with Crippen molar-refractivity contribution in [2.45, 2.75) is 131 Å². The van der Waals surface area contributed by atoms with Gasteiger partial charge in [-0.15, -0.1) is 0 Å². The third kappa shape index (κ3) is 9.66. The van der Waals surface area contributed by atoms with Crippen LogP contribution in [0.4, 0.5) is 0 Å². The molecule has 6 heteroatoms. The Morgan fingerprint density at radius 3 is 1.25 bits per heavy atom. The number of H-pyrrole nitrogens is 1. The zero-order valence-electron chi connectivity index (χ0n) is 70.4. The van der Waals surface area contributed by atoms with Gasteiger partial charge in [-0.25, -0.2) is 0 Å². The highest BCUT2D eigenvalue weighted by Gasteiger charge is 2.44. The Kier molecular flexibility index (Phi) is 12.7. The van der Waals surface area contributed by atoms with Gasteiger partial charge in [0.15, 0.2) is 0 Å². The molecule has 2 aliphatic heterocycles. The van der Waals surface area contributed by atoms with Crippen molar-refractivity contribution < 1.29 is 6.85 Å². The van der Waals surface area contributed by atoms with E-state index in [-0.39, 0.29) is 56.8 Å². The molecule has 110 heavy (non-hydrogen) atoms. The molecule has 0 radical (unpaired) electrons. The summed E-state index contributed by atoms with van der Waals surface area (Å²) in [5.41, 5.74) is 31.3. The number of benzene rings is 14. The van der Waals surface area contributed by atoms with Crippen LogP contribution in [0.1, 0.15) is 139 Å². The van der Waals surface area contributed by atoms with Crippen LogP contribution in [-0.4, -0.2) is 30.0 Å². The van der Waals surface area contributed by atoms with E-state index in [1.54, 1.807) is 0 Å². The van der Waals surface area contributed by atoms with Crippen LogP contribution in [0.3, 0.4) is 0 Å². The van der Waals surface area contributed by atoms with Crippen molar-refractivity contribution in [3.05, 3.63) is 295 Å². The largest absolute Gasteiger partial charge is 0.354 e. The average Bonchev–Trinajstić information content (AvgIpc) is 1.52. The van der Waals surface area contributed by atoms with Gasteiger partial charge in [0.1, 0.15) is 0 Å². The van der Waals surface area contributed by atoms with Gasteiger partial charge in [-0.05, 0) is 213 Å². The van der Waals surface area contributed by atoms with Crippen molar-refractivity contribution in [3.8, 4) is 67.3 Å². The Morgan fingerprint density at radius 2 is 0.709 bits per heavy atom. The van der Waals surface area contributed by atoms with E-state index in [9.17, 15) is 5.48 Å². The lowest BCUT2D eigenvalue weighted by molar-refractivity contribution is 0.590. The summed E-state index contributed by atoms with van der Waals surface area (Å²) < 4.78 is 57.3. The van der Waals surface area contributed by atoms with E-state index in [1.807, 2.05) is 0 Å². The molecule has 0 amide bonds. The molecule has 0 spiro atoms. The van der Waals surface area contributed by atoms with Crippen LogP contribution in [0.15, 0.2) is 267 Å². The monoisotopic (exact) mass is 1420 g/mol. The van der Waals surface area contributed by atoms with Gasteiger partial charge >= 0.3 is 0 Å². The van der Waals surface area contributed by atoms with E-state index in [0.29, 0.717) is 5.56 Å². The van der Waals surface area contributed by atoms with Crippen molar-refractivity contribution in [2.24, 2.45) is 0 Å². The first-order valence-corrected chi connectivity index (χ1v) is 39.2. The Labute approximate surface area is 651 Å². The first kappa shape index (κ1) is 61.1. The number of hydrogen-bond acceptors (Lipinski definition) is 0. The number of aromatic nitrogens is 5. The third-order valence-electron chi connectivity index (χ3n) is 24.7. The van der Waals surface area contributed by atoms with Crippen LogP contribution < -0.4 is 16.4 Å². The average molecular weight is 1430 g/mol. The van der Waals surface area contributed by atoms with E-state index in [0.717, 1.165) is 166 Å². The molecule has 0 saturated carbocycles. The highest BCUT2D eigenvalue weighted by Crippen LogP contribution is 2.50. The summed E-state index contributed by atoms with van der Waals surface area (Å²) in [4.78, 5) is 4.26. The van der Waals surface area contributed by atoms with Crippen molar-refractivity contribution in [1.29, 1.82) is 0 Å². The molecule has 534 valence electrons. The Morgan fingerprint density at radius 1 is 0.300 bits per heavy atom. The second-order valence-electron chi connectivity index (χ2n) is 36.7. The number of nitrogens with one attached hydrogen (secondary N) is 1. The molecular weight excluding hydrogens is 1330 g/mol. The van der Waals surface area contributed by atoms with Crippen molar-refractivity contribution in [1.82, 2.24) is 23.3 Å². The minimum Gasteiger partial charge on any atom is -0.354 e. The topological polar surface area (TPSA) is 35.5 Å². The standard InChI is InChI=1S/C104H90BN5/c1-100(2,3)63-37-43-87-76(51-63)77-52-64(101(4,5)6)38-44-88(77)107(87)68-42-48-92-81(56-68)83-57-69(108-89-45-39-65(102(7,8)9)53-78(89)79-54-66(103(10,11)12)40-46-90(79)108)58-85-98(83)110(92)99-94-75-36-26-35-74(73-34-25-24-33-72(73)71-32-23-22-31-70(71)61-29-20-17-21-30-61)96(75)106-86(94)59-93-95(99)105(85)84-50-62(60-27-18-16-19-28-60)49-82-80-55-67(104(13,14)15)41-47-91(80)109(93)97(82)84/h16-59,106H,1-15H3/i16D,18D,19D,27D,28D. The number of para-hydroxylation sites is 1. The van der Waals surface area contributed by atoms with Crippen LogP contribution in [-0.2, 0) is 27.1 Å². The molecule has 0 bridgehead atoms. The fourth-order valence-corrected chi connectivity index (χ4v) is 19.0. The maximum atomic E-state index is 9.83. The molecule has 5 nitrogen and oxygen atoms in total. The highest BCUT2D eigenvalue weighted by molar-refractivity contribution is 7.00. The third-order valence-corrected chi connectivity index (χ3v) is 24.7. The molecule has 0 aliphatic carbocycles. The van der Waals surface area contributed by atoms with Crippen LogP contribution in [0, 0.1) is 0 Å². The van der Waals surface area contributed by atoms with Gasteiger partial charge in [-0.1, -0.05) is 268 Å². The van der Waals surface area contributed by atoms with Gasteiger partial charge in [0.2, 0.25) is 0 Å². The zero-order valence-corrected chi connectivity index (χ0v) is 65.4. The quantitative estimate of drug-likeness (QED) is 0.161. The minimum absolute atomic E-state index is 0.0856. The molecule has 1 N–H and O–H groups in total. The highest BCUT2D eigenvalue weighted by atomic mass is 15.1. The minimum atomic E-state index is -0.498. The van der Waals surface area contributed by atoms with Crippen LogP contribution >= 0.6 is 0 Å². The van der Waals surface area contributed by atoms with Gasteiger partial charge in [0.05, 0.1) is 56.7 Å². The molecule has 21 rings (SSSR count). The normalized spacial score (nSPS) is 14.0. The molecule has 0 fully saturated rings. The predicted octanol–water partition coefficient (Wildman–Crippen LogP) is 26.0. The number of hydrogen-bond donors (Lipinski definition) is 1. The van der Waals surface area contributed by atoms with Gasteiger partial charge in [-0.2, -0.15) is 0 Å². The molecule has 2 aliphatic rings. The number of nitrogens with zero attached hydrogens (tertiary/aromatic N) is 4. The predicted molar refractivity (Wildman–Crippen MR) is 473 cm³/mol. The number of fused-ring (bicyclic) bond motifs is 20. The molecule has 0 atom stereocenters. The second-order valence-corrected chi connectivity index (χ2v) is 36.7. The molecule has 14 aromatic carbocycles. The summed E-state index contributed by atoms with van der Waals surface area (Å²) in [6.07, 6.45) is 0. The van der Waals surface area contributed by atoms with Crippen molar-refractivity contribution in [2.75, 3.05) is 0 Å². The fourth-order valence-electron chi connectivity index (χ4n) is 19.0. The van der Waals surface area contributed by atoms with E-state index < -0.39 is 12.8 Å². The molecule has 5 aromatic heterocycles. The van der Waals surface area contributed by atoms with Crippen LogP contribution in [0.5, 0.6) is 0 Å². The second kappa shape index (κ2) is 22.9. The molecule has 7 heterocycles. The van der Waals surface area contributed by atoms with E-state index in [4.69, 9.17) is 1.37 Å². The summed E-state index contributed by atoms with van der Waals surface area (Å²) in [7, 11) is 0. The number of rotatable bonds is 6. The van der Waals surface area contributed by atoms with Crippen molar-refractivity contribution >= 4 is 132 Å². The molecule has 0 saturated heterocycles. The molecular formula is C104H90BN5. The van der Waals surface area contributed by atoms with E-state index in [1.165, 1.54) is 43.8 Å². The Hall–Kier alpha value is -11.9. The maximum Gasteiger partial charge on any atom is 0.252 e. The Balaban J connectivity index is 0.951. The van der Waals surface area contributed by atoms with Gasteiger partial charge in [0.25, 0.3) is 6.71 Å². The smallest absolute Gasteiger partial charge is 0.252 e. The summed E-state index contributed by atoms with van der Waals surface area (Å²) in [6, 6.07) is 88.0. The van der Waals surface area contributed by atoms with E-state index in [2.05, 4.69) is 364 Å². The maximum absolute atomic E-state index is 9.83. The summed E-state index contributed by atoms with van der Waals surface area (Å²) >= 11 is 0. The Bertz CT molecular complexity index is 7370. The van der Waals surface area contributed by atoms with Crippen molar-refractivity contribution in [3.63, 3.8) is 0 Å². The lowest BCUT2D eigenvalue weighted by Crippen LogP contribution is -2.59. The van der Waals surface area contributed by atoms with Gasteiger partial charge < -0.3 is 23.3 Å². The SMILES string of the molecule is [2H]c1c([2H])c([2H])c(-c2cc3c4c(c2)c2cc(C(C)(C)C)ccc2n4-c2cc4[nH]c5c(-c6ccccc6-c6ccccc6-c6ccccc6)cccc5c4c4c2B3c2cc(-n3c5ccc(C(C)(C)C)cc5c5cc(C(C)(C)C)ccc53)cc3c5cc(-n6c7ccc(C(C)(C)C)cc7c7cc(C(C)(C)C)ccc76)ccc5n-4c23)c([2H])c1[2H]. The van der Waals surface area contributed by atoms with Gasteiger partial charge in [-0.3, -0.25) is 0 Å². The van der Waals surface area contributed by atoms with Crippen LogP contribution in [0.2, 0.25) is 0 Å².